The highest BCUT2D eigenvalue weighted by Crippen LogP contribution is 2.11. The molecule has 9 atom stereocenters. The zero-order chi connectivity index (χ0) is 68.3. The Morgan fingerprint density at radius 2 is 0.567 bits per heavy atom. The van der Waals surface area contributed by atoms with Crippen molar-refractivity contribution in [1.29, 1.82) is 0 Å². The summed E-state index contributed by atoms with van der Waals surface area (Å²) in [4.78, 5) is 160. The Bertz CT molecular complexity index is 2490. The van der Waals surface area contributed by atoms with E-state index in [1.807, 2.05) is 0 Å². The average molecular weight is 1280 g/mol. The molecule has 0 saturated carbocycles. The first-order chi connectivity index (χ1) is 42.4. The van der Waals surface area contributed by atoms with Crippen LogP contribution in [0.3, 0.4) is 0 Å². The van der Waals surface area contributed by atoms with Gasteiger partial charge in [-0.2, -0.15) is 0 Å². The van der Waals surface area contributed by atoms with Crippen molar-refractivity contribution in [1.82, 2.24) is 42.5 Å². The summed E-state index contributed by atoms with van der Waals surface area (Å²) in [7, 11) is 0. The maximum Gasteiger partial charge on any atom is 0.326 e. The summed E-state index contributed by atoms with van der Waals surface area (Å²) in [6, 6.07) is -12.8. The highest BCUT2D eigenvalue weighted by molar-refractivity contribution is 5.98. The summed E-state index contributed by atoms with van der Waals surface area (Å²) >= 11 is 0. The predicted octanol–water partition coefficient (Wildman–Crippen LogP) is -11.0. The monoisotopic (exact) mass is 1280 g/mol. The highest BCUT2D eigenvalue weighted by atomic mass is 16.4. The molecule has 0 saturated heterocycles. The largest absolute Gasteiger partial charge is 0.480 e. The number of nitrogens with one attached hydrogen (secondary N) is 8. The number of guanidine groups is 6. The quantitative estimate of drug-likeness (QED) is 0.0153. The minimum atomic E-state index is -1.68. The van der Waals surface area contributed by atoms with Crippen molar-refractivity contribution in [3.8, 4) is 0 Å². The fourth-order valence-corrected chi connectivity index (χ4v) is 8.13. The van der Waals surface area contributed by atoms with Gasteiger partial charge in [0.2, 0.25) is 53.2 Å². The third kappa shape index (κ3) is 38.4. The van der Waals surface area contributed by atoms with E-state index in [0.29, 0.717) is 19.3 Å². The fourth-order valence-electron chi connectivity index (χ4n) is 8.13. The number of carboxylic acid groups (broad SMARTS) is 1. The van der Waals surface area contributed by atoms with E-state index < -0.39 is 126 Å². The van der Waals surface area contributed by atoms with Crippen molar-refractivity contribution >= 4 is 94.9 Å². The first kappa shape index (κ1) is 80.2. The maximum atomic E-state index is 14.5. The number of aliphatic imine (C=N–C) groups is 6. The fraction of sp³-hybridized carbons (Fsp3) is 0.680. The van der Waals surface area contributed by atoms with Crippen LogP contribution in [0.5, 0.6) is 0 Å². The molecule has 0 radical (unpaired) electrons. The Kier molecular flexibility index (Phi) is 40.6. The van der Waals surface area contributed by atoms with Gasteiger partial charge in [-0.05, 0) is 116 Å². The lowest BCUT2D eigenvalue weighted by molar-refractivity contribution is -0.142. The van der Waals surface area contributed by atoms with Crippen molar-refractivity contribution < 1.29 is 53.1 Å². The molecule has 0 aliphatic carbocycles. The van der Waals surface area contributed by atoms with E-state index in [0.717, 1.165) is 0 Å². The van der Waals surface area contributed by atoms with E-state index in [2.05, 4.69) is 72.5 Å². The number of carbonyl (C=O) groups is 10. The van der Waals surface area contributed by atoms with Gasteiger partial charge < -0.3 is 134 Å². The summed E-state index contributed by atoms with van der Waals surface area (Å²) in [5.74, 6) is -11.1. The van der Waals surface area contributed by atoms with Crippen molar-refractivity contribution in [3.05, 3.63) is 0 Å². The van der Waals surface area contributed by atoms with Crippen LogP contribution in [0.15, 0.2) is 30.0 Å². The first-order valence-corrected chi connectivity index (χ1v) is 29.1. The molecule has 39 N–H and O–H groups in total. The van der Waals surface area contributed by atoms with Crippen LogP contribution in [0.4, 0.5) is 0 Å². The van der Waals surface area contributed by atoms with Gasteiger partial charge in [0, 0.05) is 45.7 Å². The zero-order valence-electron chi connectivity index (χ0n) is 51.0. The molecule has 0 aliphatic rings. The van der Waals surface area contributed by atoms with Gasteiger partial charge >= 0.3 is 5.97 Å². The normalized spacial score (nSPS) is 13.7. The van der Waals surface area contributed by atoms with Crippen LogP contribution in [0.2, 0.25) is 0 Å². The van der Waals surface area contributed by atoms with Crippen molar-refractivity contribution in [2.24, 2.45) is 116 Å². The van der Waals surface area contributed by atoms with Gasteiger partial charge in [0.15, 0.2) is 35.8 Å². The molecule has 0 aromatic heterocycles. The molecule has 9 amide bonds. The Balaban J connectivity index is 7.29. The van der Waals surface area contributed by atoms with E-state index in [4.69, 9.17) is 86.0 Å². The van der Waals surface area contributed by atoms with E-state index in [9.17, 15) is 53.1 Å². The molecule has 40 heteroatoms. The second-order valence-electron chi connectivity index (χ2n) is 20.6. The minimum Gasteiger partial charge on any atom is -0.480 e. The topological polar surface area (TPSA) is 752 Å². The van der Waals surface area contributed by atoms with Gasteiger partial charge in [0.05, 0.1) is 6.04 Å². The van der Waals surface area contributed by atoms with Gasteiger partial charge in [-0.15, -0.1) is 0 Å². The second-order valence-corrected chi connectivity index (χ2v) is 20.6. The molecule has 0 bridgehead atoms. The highest BCUT2D eigenvalue weighted by Gasteiger charge is 2.35. The number of primary amides is 1. The minimum absolute atomic E-state index is 0.0128. The van der Waals surface area contributed by atoms with Gasteiger partial charge in [-0.1, -0.05) is 0 Å². The van der Waals surface area contributed by atoms with Crippen LogP contribution in [-0.4, -0.2) is 200 Å². The van der Waals surface area contributed by atoms with Gasteiger partial charge in [0.1, 0.15) is 48.3 Å². The Labute approximate surface area is 521 Å². The van der Waals surface area contributed by atoms with Gasteiger partial charge in [-0.3, -0.25) is 73.1 Å². The second kappa shape index (κ2) is 45.5. The van der Waals surface area contributed by atoms with E-state index in [1.54, 1.807) is 0 Å². The molecular formula is C50H99N29O11. The number of unbranched alkanes of at least 4 members (excludes halogenated alkanes) is 1. The number of amides is 9. The number of carbonyl (C=O) groups excluding carboxylic acids is 9. The lowest BCUT2D eigenvalue weighted by Crippen LogP contribution is -2.60. The maximum absolute atomic E-state index is 14.5. The average Bonchev–Trinajstić information content (AvgIpc) is 3.67. The molecule has 0 aliphatic heterocycles. The molecule has 0 unspecified atom stereocenters. The van der Waals surface area contributed by atoms with Crippen molar-refractivity contribution in [2.45, 2.75) is 170 Å². The van der Waals surface area contributed by atoms with E-state index >= 15 is 0 Å². The standard InChI is InChI=1S/C50H99N29O11/c1-26(72-37(82)27(52)10-4-20-66-45(54)55)36(81)73-28(11-2-3-19-51)38(83)74-29(12-5-21-67-46(56)57)39(84)75-31(14-7-23-69-48(60)61)41(86)78-33(17-18-35(53)80)43(88)77-30(13-6-22-68-47(58)59)40(85)76-32(15-8-24-70-49(62)63)42(87)79-34(44(89)90)16-9-25-71-50(64)65/h26-34H,2-25,51-52H2,1H3,(H2,53,80)(H,72,82)(H,73,81)(H,74,83)(H,75,84)(H,76,85)(H,77,88)(H,78,86)(H,79,87)(H,89,90)(H4,54,55,66)(H4,56,57,67)(H4,58,59,68)(H4,60,61,69)(H4,62,63,70)(H4,64,65,71)/t26-,27-,28-,29-,30-,31-,32-,33-,34-/m0/s1. The molecule has 510 valence electrons. The summed E-state index contributed by atoms with van der Waals surface area (Å²) in [5, 5.41) is 30.3. The molecule has 0 fully saturated rings. The van der Waals surface area contributed by atoms with Crippen LogP contribution in [0.25, 0.3) is 0 Å². The van der Waals surface area contributed by atoms with Crippen molar-refractivity contribution in [3.63, 3.8) is 0 Å². The Morgan fingerprint density at radius 1 is 0.322 bits per heavy atom. The molecular weight excluding hydrogens is 1180 g/mol. The SMILES string of the molecule is C[C@H](NC(=O)[C@@H](N)CCCN=C(N)N)C(=O)N[C@@H](CCCCN)C(=O)N[C@@H](CCCN=C(N)N)C(=O)N[C@@H](CCCN=C(N)N)C(=O)N[C@@H](CCC(N)=O)C(=O)N[C@@H](CCCN=C(N)N)C(=O)N[C@@H](CCCN=C(N)N)C(=O)N[C@@H](CCCN=C(N)N)C(=O)O. The number of carboxylic acids is 1. The summed E-state index contributed by atoms with van der Waals surface area (Å²) in [6.07, 6.45) is -0.273. The van der Waals surface area contributed by atoms with Crippen LogP contribution in [0, 0.1) is 0 Å². The Hall–Kier alpha value is -9.76. The molecule has 0 spiro atoms. The number of nitrogens with two attached hydrogens (primary N) is 15. The predicted molar refractivity (Wildman–Crippen MR) is 338 cm³/mol. The van der Waals surface area contributed by atoms with E-state index in [1.165, 1.54) is 6.92 Å². The summed E-state index contributed by atoms with van der Waals surface area (Å²) in [5.41, 5.74) is 82.8. The number of rotatable bonds is 48. The first-order valence-electron chi connectivity index (χ1n) is 29.1. The molecule has 0 rings (SSSR count). The molecule has 90 heavy (non-hydrogen) atoms. The number of hydrogen-bond acceptors (Lipinski definition) is 18. The van der Waals surface area contributed by atoms with Crippen LogP contribution in [0.1, 0.15) is 116 Å². The third-order valence-electron chi connectivity index (χ3n) is 12.8. The molecule has 0 aromatic rings. The van der Waals surface area contributed by atoms with Crippen LogP contribution >= 0.6 is 0 Å². The zero-order valence-corrected chi connectivity index (χ0v) is 51.0. The molecule has 40 nitrogen and oxygen atoms in total. The number of hydrogen-bond donors (Lipinski definition) is 24. The smallest absolute Gasteiger partial charge is 0.326 e. The lowest BCUT2D eigenvalue weighted by Gasteiger charge is -2.28. The number of nitrogens with zero attached hydrogens (tertiary/aromatic N) is 6. The van der Waals surface area contributed by atoms with E-state index in [-0.39, 0.29) is 159 Å². The molecule has 0 aromatic carbocycles. The van der Waals surface area contributed by atoms with Crippen LogP contribution < -0.4 is 129 Å². The Morgan fingerprint density at radius 3 is 0.833 bits per heavy atom. The van der Waals surface area contributed by atoms with Gasteiger partial charge in [-0.25, -0.2) is 4.79 Å². The van der Waals surface area contributed by atoms with Gasteiger partial charge in [0.25, 0.3) is 0 Å². The lowest BCUT2D eigenvalue weighted by atomic mass is 10.0. The molecule has 0 heterocycles. The number of aliphatic carboxylic acids is 1. The van der Waals surface area contributed by atoms with Crippen molar-refractivity contribution in [2.75, 3.05) is 45.8 Å². The third-order valence-corrected chi connectivity index (χ3v) is 12.8. The summed E-state index contributed by atoms with van der Waals surface area (Å²) in [6.45, 7) is 1.66. The van der Waals surface area contributed by atoms with Crippen LogP contribution in [-0.2, 0) is 47.9 Å². The summed E-state index contributed by atoms with van der Waals surface area (Å²) < 4.78 is 0.